The Kier molecular flexibility index (Phi) is 5.81. The summed E-state index contributed by atoms with van der Waals surface area (Å²) in [6, 6.07) is 10.7. The van der Waals surface area contributed by atoms with Crippen LogP contribution in [0.5, 0.6) is 5.75 Å². The van der Waals surface area contributed by atoms with Crippen molar-refractivity contribution in [2.45, 2.75) is 36.8 Å². The van der Waals surface area contributed by atoms with E-state index < -0.39 is 21.6 Å². The van der Waals surface area contributed by atoms with Gasteiger partial charge in [-0.3, -0.25) is 4.72 Å². The van der Waals surface area contributed by atoms with Gasteiger partial charge in [-0.15, -0.1) is 11.3 Å². The van der Waals surface area contributed by atoms with Crippen LogP contribution in [0.25, 0.3) is 11.1 Å². The third-order valence-corrected chi connectivity index (χ3v) is 8.14. The molecule has 1 aliphatic carbocycles. The number of halogens is 3. The van der Waals surface area contributed by atoms with Crippen LogP contribution >= 0.6 is 11.3 Å². The SMILES string of the molecule is O=S(=O)(Nc1ccccc1-c1ccc2c(c1)OC[C@H](Cc1csc(C3CC3)n1)[C@H]2O)C(F)(F)F. The molecule has 0 unspecified atom stereocenters. The van der Waals surface area contributed by atoms with Gasteiger partial charge in [0.2, 0.25) is 0 Å². The molecule has 1 aliphatic heterocycles. The summed E-state index contributed by atoms with van der Waals surface area (Å²) in [7, 11) is -5.57. The number of rotatable bonds is 6. The van der Waals surface area contributed by atoms with Crippen LogP contribution in [0.2, 0.25) is 0 Å². The molecule has 2 atom stereocenters. The van der Waals surface area contributed by atoms with Gasteiger partial charge in [0.15, 0.2) is 0 Å². The number of aromatic nitrogens is 1. The molecule has 2 heterocycles. The second-order valence-electron chi connectivity index (χ2n) is 8.52. The Morgan fingerprint density at radius 1 is 1.18 bits per heavy atom. The number of para-hydroxylation sites is 1. The van der Waals surface area contributed by atoms with Crippen LogP contribution in [-0.2, 0) is 16.4 Å². The van der Waals surface area contributed by atoms with Gasteiger partial charge >= 0.3 is 15.5 Å². The molecule has 11 heteroatoms. The summed E-state index contributed by atoms with van der Waals surface area (Å²) in [6.07, 6.45) is 2.15. The number of anilines is 1. The molecule has 0 amide bonds. The summed E-state index contributed by atoms with van der Waals surface area (Å²) in [4.78, 5) is 4.68. The molecule has 1 saturated carbocycles. The van der Waals surface area contributed by atoms with Crippen molar-refractivity contribution in [3.05, 3.63) is 64.1 Å². The molecule has 2 aliphatic rings. The zero-order valence-corrected chi connectivity index (χ0v) is 19.4. The van der Waals surface area contributed by atoms with Gasteiger partial charge in [-0.2, -0.15) is 21.6 Å². The molecular weight excluding hydrogens is 489 g/mol. The summed E-state index contributed by atoms with van der Waals surface area (Å²) < 4.78 is 69.3. The molecule has 1 aromatic heterocycles. The summed E-state index contributed by atoms with van der Waals surface area (Å²) in [5.74, 6) is 0.805. The first-order valence-corrected chi connectivity index (χ1v) is 13.1. The molecule has 0 spiro atoms. The molecule has 1 fully saturated rings. The predicted molar refractivity (Wildman–Crippen MR) is 122 cm³/mol. The van der Waals surface area contributed by atoms with Crippen molar-refractivity contribution < 1.29 is 31.4 Å². The lowest BCUT2D eigenvalue weighted by molar-refractivity contribution is -0.0429. The van der Waals surface area contributed by atoms with E-state index in [1.807, 2.05) is 5.38 Å². The maximum Gasteiger partial charge on any atom is 0.516 e. The minimum absolute atomic E-state index is 0.182. The molecular formula is C23H21F3N2O4S2. The molecule has 0 radical (unpaired) electrons. The van der Waals surface area contributed by atoms with Gasteiger partial charge in [0.05, 0.1) is 29.1 Å². The van der Waals surface area contributed by atoms with Crippen LogP contribution in [0.15, 0.2) is 47.8 Å². The van der Waals surface area contributed by atoms with Crippen LogP contribution in [-0.4, -0.2) is 30.6 Å². The number of thiazole rings is 1. The number of fused-ring (bicyclic) bond motifs is 1. The Balaban J connectivity index is 1.37. The highest BCUT2D eigenvalue weighted by Gasteiger charge is 2.46. The fourth-order valence-electron chi connectivity index (χ4n) is 4.01. The Hall–Kier alpha value is -2.63. The minimum atomic E-state index is -5.57. The van der Waals surface area contributed by atoms with Crippen molar-refractivity contribution in [1.82, 2.24) is 4.98 Å². The van der Waals surface area contributed by atoms with Gasteiger partial charge in [0, 0.05) is 28.3 Å². The topological polar surface area (TPSA) is 88.5 Å². The highest BCUT2D eigenvalue weighted by Crippen LogP contribution is 2.43. The number of nitrogens with one attached hydrogen (secondary N) is 1. The molecule has 180 valence electrons. The van der Waals surface area contributed by atoms with E-state index in [4.69, 9.17) is 4.74 Å². The third kappa shape index (κ3) is 4.51. The lowest BCUT2D eigenvalue weighted by Gasteiger charge is -2.30. The van der Waals surface area contributed by atoms with E-state index in [1.54, 1.807) is 40.3 Å². The van der Waals surface area contributed by atoms with Crippen LogP contribution in [0.3, 0.4) is 0 Å². The zero-order chi connectivity index (χ0) is 24.1. The van der Waals surface area contributed by atoms with E-state index >= 15 is 0 Å². The Labute approximate surface area is 198 Å². The molecule has 5 rings (SSSR count). The highest BCUT2D eigenvalue weighted by molar-refractivity contribution is 7.93. The van der Waals surface area contributed by atoms with E-state index in [9.17, 15) is 26.7 Å². The largest absolute Gasteiger partial charge is 0.516 e. The maximum absolute atomic E-state index is 12.9. The average molecular weight is 511 g/mol. The minimum Gasteiger partial charge on any atom is -0.493 e. The quantitative estimate of drug-likeness (QED) is 0.474. The standard InChI is InChI=1S/C23H21F3N2O4S2/c24-23(25,26)34(30,31)28-19-4-2-1-3-17(19)14-7-8-18-20(10-14)32-11-15(21(18)29)9-16-12-33-22(27-16)13-5-6-13/h1-4,7-8,10,12-13,15,21,28-29H,5-6,9,11H2/t15-,21+/m0/s1. The maximum atomic E-state index is 12.9. The number of aliphatic hydroxyl groups is 1. The Morgan fingerprint density at radius 2 is 1.94 bits per heavy atom. The first kappa shape index (κ1) is 23.1. The summed E-state index contributed by atoms with van der Waals surface area (Å²) in [6.45, 7) is 0.260. The predicted octanol–water partition coefficient (Wildman–Crippen LogP) is 5.23. The summed E-state index contributed by atoms with van der Waals surface area (Å²) >= 11 is 1.65. The number of benzene rings is 2. The van der Waals surface area contributed by atoms with E-state index in [-0.39, 0.29) is 23.8 Å². The van der Waals surface area contributed by atoms with Gasteiger partial charge in [-0.05, 0) is 37.0 Å². The van der Waals surface area contributed by atoms with Crippen LogP contribution in [0, 0.1) is 5.92 Å². The van der Waals surface area contributed by atoms with Crippen molar-refractivity contribution in [3.63, 3.8) is 0 Å². The highest BCUT2D eigenvalue weighted by atomic mass is 32.2. The van der Waals surface area contributed by atoms with Gasteiger partial charge in [0.1, 0.15) is 5.75 Å². The normalized spacial score (nSPS) is 20.5. The monoisotopic (exact) mass is 510 g/mol. The summed E-state index contributed by atoms with van der Waals surface area (Å²) in [5, 5.41) is 14.1. The number of alkyl halides is 3. The van der Waals surface area contributed by atoms with E-state index in [0.717, 1.165) is 10.7 Å². The van der Waals surface area contributed by atoms with Crippen LogP contribution in [0.1, 0.15) is 41.1 Å². The molecule has 2 aromatic carbocycles. The van der Waals surface area contributed by atoms with Gasteiger partial charge in [-0.1, -0.05) is 30.3 Å². The molecule has 6 nitrogen and oxygen atoms in total. The number of hydrogen-bond donors (Lipinski definition) is 2. The average Bonchev–Trinajstić information content (AvgIpc) is 3.53. The van der Waals surface area contributed by atoms with Crippen molar-refractivity contribution in [2.75, 3.05) is 11.3 Å². The van der Waals surface area contributed by atoms with Gasteiger partial charge in [0.25, 0.3) is 0 Å². The lowest BCUT2D eigenvalue weighted by Crippen LogP contribution is -2.30. The van der Waals surface area contributed by atoms with E-state index in [2.05, 4.69) is 4.98 Å². The second-order valence-corrected chi connectivity index (χ2v) is 11.1. The van der Waals surface area contributed by atoms with Crippen LogP contribution in [0.4, 0.5) is 18.9 Å². The number of sulfonamides is 1. The van der Waals surface area contributed by atoms with Crippen molar-refractivity contribution in [3.8, 4) is 16.9 Å². The van der Waals surface area contributed by atoms with Gasteiger partial charge < -0.3 is 9.84 Å². The van der Waals surface area contributed by atoms with E-state index in [1.165, 1.54) is 31.0 Å². The first-order chi connectivity index (χ1) is 16.1. The lowest BCUT2D eigenvalue weighted by atomic mass is 9.88. The summed E-state index contributed by atoms with van der Waals surface area (Å²) in [5.41, 5.74) is -3.41. The Bertz CT molecular complexity index is 1320. The van der Waals surface area contributed by atoms with Crippen molar-refractivity contribution in [2.24, 2.45) is 5.92 Å². The molecule has 3 aromatic rings. The van der Waals surface area contributed by atoms with Crippen LogP contribution < -0.4 is 9.46 Å². The first-order valence-electron chi connectivity index (χ1n) is 10.7. The van der Waals surface area contributed by atoms with Gasteiger partial charge in [-0.25, -0.2) is 4.98 Å². The molecule has 34 heavy (non-hydrogen) atoms. The molecule has 2 N–H and O–H groups in total. The zero-order valence-electron chi connectivity index (χ0n) is 17.7. The fourth-order valence-corrected chi connectivity index (χ4v) is 5.60. The number of aliphatic hydroxyl groups excluding tert-OH is 1. The smallest absolute Gasteiger partial charge is 0.493 e. The van der Waals surface area contributed by atoms with Crippen molar-refractivity contribution >= 4 is 27.0 Å². The number of ether oxygens (including phenoxy) is 1. The number of hydrogen-bond acceptors (Lipinski definition) is 6. The Morgan fingerprint density at radius 3 is 2.68 bits per heavy atom. The number of nitrogens with zero attached hydrogens (tertiary/aromatic N) is 1. The van der Waals surface area contributed by atoms with E-state index in [0.29, 0.717) is 29.2 Å². The fraction of sp³-hybridized carbons (Fsp3) is 0.348. The molecule has 0 saturated heterocycles. The third-order valence-electron chi connectivity index (χ3n) is 5.99. The molecule has 0 bridgehead atoms. The van der Waals surface area contributed by atoms with Crippen molar-refractivity contribution in [1.29, 1.82) is 0 Å². The second kappa shape index (κ2) is 8.54.